The van der Waals surface area contributed by atoms with E-state index in [-0.39, 0.29) is 0 Å². The molecule has 0 unspecified atom stereocenters. The highest BCUT2D eigenvalue weighted by Crippen LogP contribution is 2.11. The molecule has 102 valence electrons. The molecule has 0 atom stereocenters. The normalized spacial score (nSPS) is 12.0. The van der Waals surface area contributed by atoms with Gasteiger partial charge in [-0.05, 0) is 38.2 Å². The van der Waals surface area contributed by atoms with Gasteiger partial charge in [-0.3, -0.25) is 0 Å². The summed E-state index contributed by atoms with van der Waals surface area (Å²) in [6.07, 6.45) is 2.04. The molecule has 0 saturated heterocycles. The Morgan fingerprint density at radius 1 is 1.17 bits per heavy atom. The van der Waals surface area contributed by atoms with E-state index in [0.717, 1.165) is 12.8 Å². The Morgan fingerprint density at radius 2 is 1.78 bits per heavy atom. The van der Waals surface area contributed by atoms with E-state index >= 15 is 0 Å². The van der Waals surface area contributed by atoms with Gasteiger partial charge in [0, 0.05) is 13.1 Å². The number of aryl methyl sites for hydroxylation is 1. The Hall–Kier alpha value is -0.910. The van der Waals surface area contributed by atoms with Crippen LogP contribution in [0.4, 0.5) is 0 Å². The number of likely N-dealkylation sites (N-methyl/N-ethyl adjacent to an activating group) is 1. The number of nitrogens with zero attached hydrogens (tertiary/aromatic N) is 1. The lowest BCUT2D eigenvalue weighted by atomic mass is 10.1. The third-order valence-corrected chi connectivity index (χ3v) is 4.10. The molecule has 1 aromatic rings. The van der Waals surface area contributed by atoms with Crippen LogP contribution in [0.1, 0.15) is 18.9 Å². The molecule has 1 aromatic carbocycles. The Morgan fingerprint density at radius 3 is 2.28 bits per heavy atom. The van der Waals surface area contributed by atoms with Gasteiger partial charge in [0.15, 0.2) is 0 Å². The monoisotopic (exact) mass is 270 g/mol. The average Bonchev–Trinajstić information content (AvgIpc) is 2.29. The van der Waals surface area contributed by atoms with Crippen LogP contribution in [0.3, 0.4) is 0 Å². The molecule has 1 N–H and O–H groups in total. The zero-order chi connectivity index (χ0) is 13.6. The highest BCUT2D eigenvalue weighted by molar-refractivity contribution is 7.89. The van der Waals surface area contributed by atoms with Crippen molar-refractivity contribution in [1.82, 2.24) is 9.62 Å². The summed E-state index contributed by atoms with van der Waals surface area (Å²) in [4.78, 5) is 2.27. The van der Waals surface area contributed by atoms with Gasteiger partial charge in [-0.15, -0.1) is 0 Å². The Labute approximate surface area is 110 Å². The molecule has 1 rings (SSSR count). The number of hydrogen-bond acceptors (Lipinski definition) is 3. The van der Waals surface area contributed by atoms with Gasteiger partial charge in [-0.25, -0.2) is 13.1 Å². The standard InChI is InChI=1S/C13H22N2O2S/c1-4-5-12-6-8-13(9-7-12)18(16,17)14-10-11-15(2)3/h6-9,14H,4-5,10-11H2,1-3H3. The minimum absolute atomic E-state index is 0.334. The summed E-state index contributed by atoms with van der Waals surface area (Å²) in [7, 11) is 0.457. The highest BCUT2D eigenvalue weighted by atomic mass is 32.2. The van der Waals surface area contributed by atoms with Crippen molar-refractivity contribution in [3.8, 4) is 0 Å². The molecule has 0 radical (unpaired) electrons. The van der Waals surface area contributed by atoms with Gasteiger partial charge in [0.05, 0.1) is 4.90 Å². The number of hydrogen-bond donors (Lipinski definition) is 1. The maximum atomic E-state index is 12.0. The van der Waals surface area contributed by atoms with Crippen molar-refractivity contribution in [1.29, 1.82) is 0 Å². The Balaban J connectivity index is 2.67. The van der Waals surface area contributed by atoms with Crippen molar-refractivity contribution in [2.75, 3.05) is 27.2 Å². The maximum Gasteiger partial charge on any atom is 0.240 e. The second-order valence-corrected chi connectivity index (χ2v) is 6.36. The summed E-state index contributed by atoms with van der Waals surface area (Å²) in [6, 6.07) is 7.10. The minimum Gasteiger partial charge on any atom is -0.308 e. The first-order chi connectivity index (χ1) is 8.45. The summed E-state index contributed by atoms with van der Waals surface area (Å²) >= 11 is 0. The van der Waals surface area contributed by atoms with Gasteiger partial charge >= 0.3 is 0 Å². The van der Waals surface area contributed by atoms with E-state index < -0.39 is 10.0 Å². The van der Waals surface area contributed by atoms with E-state index in [1.807, 2.05) is 31.1 Å². The lowest BCUT2D eigenvalue weighted by molar-refractivity contribution is 0.412. The van der Waals surface area contributed by atoms with E-state index in [2.05, 4.69) is 11.6 Å². The van der Waals surface area contributed by atoms with Gasteiger partial charge in [-0.1, -0.05) is 25.5 Å². The third kappa shape index (κ3) is 4.76. The largest absolute Gasteiger partial charge is 0.308 e. The van der Waals surface area contributed by atoms with Crippen LogP contribution in [0, 0.1) is 0 Å². The number of nitrogens with one attached hydrogen (secondary N) is 1. The van der Waals surface area contributed by atoms with Crippen LogP contribution in [0.2, 0.25) is 0 Å². The molecule has 0 amide bonds. The van der Waals surface area contributed by atoms with Crippen LogP contribution in [-0.4, -0.2) is 40.5 Å². The maximum absolute atomic E-state index is 12.0. The predicted molar refractivity (Wildman–Crippen MR) is 74.2 cm³/mol. The summed E-state index contributed by atoms with van der Waals surface area (Å²) in [5.41, 5.74) is 1.17. The molecule has 0 spiro atoms. The molecule has 0 bridgehead atoms. The third-order valence-electron chi connectivity index (χ3n) is 2.62. The molecule has 18 heavy (non-hydrogen) atoms. The van der Waals surface area contributed by atoms with Crippen molar-refractivity contribution in [2.45, 2.75) is 24.7 Å². The van der Waals surface area contributed by atoms with Crippen molar-refractivity contribution in [3.63, 3.8) is 0 Å². The molecule has 0 fully saturated rings. The number of rotatable bonds is 7. The predicted octanol–water partition coefficient (Wildman–Crippen LogP) is 1.48. The summed E-state index contributed by atoms with van der Waals surface area (Å²) < 4.78 is 26.5. The second-order valence-electron chi connectivity index (χ2n) is 4.60. The van der Waals surface area contributed by atoms with Crippen LogP contribution in [0.15, 0.2) is 29.2 Å². The van der Waals surface area contributed by atoms with Crippen molar-refractivity contribution >= 4 is 10.0 Å². The van der Waals surface area contributed by atoms with Gasteiger partial charge in [0.1, 0.15) is 0 Å². The first kappa shape index (κ1) is 15.1. The number of benzene rings is 1. The van der Waals surface area contributed by atoms with Crippen molar-refractivity contribution in [3.05, 3.63) is 29.8 Å². The topological polar surface area (TPSA) is 49.4 Å². The van der Waals surface area contributed by atoms with Crippen LogP contribution in [0.5, 0.6) is 0 Å². The zero-order valence-corrected chi connectivity index (χ0v) is 12.1. The van der Waals surface area contributed by atoms with E-state index in [1.54, 1.807) is 12.1 Å². The van der Waals surface area contributed by atoms with Crippen molar-refractivity contribution < 1.29 is 8.42 Å². The van der Waals surface area contributed by atoms with Gasteiger partial charge in [0.2, 0.25) is 10.0 Å². The van der Waals surface area contributed by atoms with Gasteiger partial charge in [-0.2, -0.15) is 0 Å². The molecule has 4 nitrogen and oxygen atoms in total. The minimum atomic E-state index is -3.36. The quantitative estimate of drug-likeness (QED) is 0.816. The molecule has 0 aliphatic heterocycles. The van der Waals surface area contributed by atoms with E-state index in [9.17, 15) is 8.42 Å². The van der Waals surface area contributed by atoms with Crippen LogP contribution < -0.4 is 4.72 Å². The van der Waals surface area contributed by atoms with E-state index in [4.69, 9.17) is 0 Å². The molecule has 0 heterocycles. The second kappa shape index (κ2) is 6.87. The van der Waals surface area contributed by atoms with Crippen LogP contribution in [-0.2, 0) is 16.4 Å². The first-order valence-electron chi connectivity index (χ1n) is 6.19. The molecular formula is C13H22N2O2S. The SMILES string of the molecule is CCCc1ccc(S(=O)(=O)NCCN(C)C)cc1. The lowest BCUT2D eigenvalue weighted by Gasteiger charge is -2.11. The molecule has 5 heteroatoms. The zero-order valence-electron chi connectivity index (χ0n) is 11.3. The number of sulfonamides is 1. The molecule has 0 saturated carbocycles. The fourth-order valence-corrected chi connectivity index (χ4v) is 2.63. The Bertz CT molecular complexity index is 452. The molecular weight excluding hydrogens is 248 g/mol. The Kier molecular flexibility index (Phi) is 5.78. The molecule has 0 aliphatic carbocycles. The lowest BCUT2D eigenvalue weighted by Crippen LogP contribution is -2.31. The summed E-state index contributed by atoms with van der Waals surface area (Å²) in [5.74, 6) is 0. The van der Waals surface area contributed by atoms with E-state index in [1.165, 1.54) is 5.56 Å². The molecule has 0 aliphatic rings. The average molecular weight is 270 g/mol. The van der Waals surface area contributed by atoms with Crippen LogP contribution >= 0.6 is 0 Å². The fraction of sp³-hybridized carbons (Fsp3) is 0.538. The summed E-state index contributed by atoms with van der Waals surface area (Å²) in [5, 5.41) is 0. The van der Waals surface area contributed by atoms with Gasteiger partial charge in [0.25, 0.3) is 0 Å². The highest BCUT2D eigenvalue weighted by Gasteiger charge is 2.12. The molecule has 0 aromatic heterocycles. The smallest absolute Gasteiger partial charge is 0.240 e. The van der Waals surface area contributed by atoms with Crippen LogP contribution in [0.25, 0.3) is 0 Å². The van der Waals surface area contributed by atoms with Crippen molar-refractivity contribution in [2.24, 2.45) is 0 Å². The van der Waals surface area contributed by atoms with Gasteiger partial charge < -0.3 is 4.90 Å². The van der Waals surface area contributed by atoms with E-state index in [0.29, 0.717) is 18.0 Å². The first-order valence-corrected chi connectivity index (χ1v) is 7.67. The fourth-order valence-electron chi connectivity index (χ4n) is 1.61. The summed E-state index contributed by atoms with van der Waals surface area (Å²) in [6.45, 7) is 3.21.